The summed E-state index contributed by atoms with van der Waals surface area (Å²) >= 11 is 0. The van der Waals surface area contributed by atoms with Crippen LogP contribution in [0.1, 0.15) is 49.3 Å². The Morgan fingerprint density at radius 2 is 1.76 bits per heavy atom. The minimum absolute atomic E-state index is 0.461. The monoisotopic (exact) mass is 228 g/mol. The molecule has 1 aromatic rings. The fourth-order valence-corrected chi connectivity index (χ4v) is 5.00. The van der Waals surface area contributed by atoms with E-state index in [-0.39, 0.29) is 0 Å². The van der Waals surface area contributed by atoms with E-state index in [1.54, 1.807) is 6.20 Å². The molecule has 3 nitrogen and oxygen atoms in total. The second-order valence-electron chi connectivity index (χ2n) is 6.18. The van der Waals surface area contributed by atoms with Gasteiger partial charge in [-0.3, -0.25) is 0 Å². The van der Waals surface area contributed by atoms with Gasteiger partial charge in [0.1, 0.15) is 6.07 Å². The lowest BCUT2D eigenvalue weighted by Crippen LogP contribution is -2.43. The SMILES string of the molecule is N#Cc1oncc1C1C2CC3CC(C2)CC1C3. The van der Waals surface area contributed by atoms with Crippen molar-refractivity contribution in [3.63, 3.8) is 0 Å². The molecule has 4 aliphatic rings. The third kappa shape index (κ3) is 1.30. The highest BCUT2D eigenvalue weighted by molar-refractivity contribution is 5.32. The Hall–Kier alpha value is -1.30. The minimum Gasteiger partial charge on any atom is -0.345 e. The van der Waals surface area contributed by atoms with Crippen molar-refractivity contribution in [1.82, 2.24) is 5.16 Å². The van der Waals surface area contributed by atoms with Gasteiger partial charge in [0.2, 0.25) is 5.76 Å². The van der Waals surface area contributed by atoms with Gasteiger partial charge in [0.15, 0.2) is 0 Å². The van der Waals surface area contributed by atoms with Crippen LogP contribution in [0.25, 0.3) is 0 Å². The lowest BCUT2D eigenvalue weighted by atomic mass is 9.51. The van der Waals surface area contributed by atoms with Gasteiger partial charge >= 0.3 is 0 Å². The topological polar surface area (TPSA) is 49.8 Å². The van der Waals surface area contributed by atoms with Crippen LogP contribution in [0.3, 0.4) is 0 Å². The van der Waals surface area contributed by atoms with E-state index in [0.717, 1.165) is 29.2 Å². The predicted octanol–water partition coefficient (Wildman–Crippen LogP) is 3.09. The number of hydrogen-bond acceptors (Lipinski definition) is 3. The second kappa shape index (κ2) is 3.35. The summed E-state index contributed by atoms with van der Waals surface area (Å²) in [6.07, 6.45) is 8.74. The van der Waals surface area contributed by atoms with Crippen LogP contribution in [0.2, 0.25) is 0 Å². The molecule has 0 radical (unpaired) electrons. The predicted molar refractivity (Wildman–Crippen MR) is 61.0 cm³/mol. The molecule has 0 aliphatic heterocycles. The molecule has 0 N–H and O–H groups in total. The van der Waals surface area contributed by atoms with Crippen LogP contribution in [0.15, 0.2) is 10.7 Å². The van der Waals surface area contributed by atoms with Crippen molar-refractivity contribution in [2.75, 3.05) is 0 Å². The molecule has 88 valence electrons. The van der Waals surface area contributed by atoms with E-state index in [9.17, 15) is 0 Å². The molecule has 1 heterocycles. The average Bonchev–Trinajstić information content (AvgIpc) is 2.75. The molecular formula is C14H16N2O. The van der Waals surface area contributed by atoms with E-state index >= 15 is 0 Å². The van der Waals surface area contributed by atoms with Crippen molar-refractivity contribution >= 4 is 0 Å². The molecule has 5 rings (SSSR count). The minimum atomic E-state index is 0.461. The number of aromatic nitrogens is 1. The van der Waals surface area contributed by atoms with E-state index in [1.165, 1.54) is 32.1 Å². The molecule has 3 heteroatoms. The molecule has 4 fully saturated rings. The normalized spacial score (nSPS) is 42.6. The van der Waals surface area contributed by atoms with E-state index < -0.39 is 0 Å². The first-order valence-corrected chi connectivity index (χ1v) is 6.70. The molecule has 1 aromatic heterocycles. The average molecular weight is 228 g/mol. The molecule has 0 unspecified atom stereocenters. The van der Waals surface area contributed by atoms with Crippen LogP contribution in [-0.4, -0.2) is 5.16 Å². The highest BCUT2D eigenvalue weighted by Crippen LogP contribution is 2.60. The summed E-state index contributed by atoms with van der Waals surface area (Å²) in [5.41, 5.74) is 1.10. The van der Waals surface area contributed by atoms with Gasteiger partial charge in [-0.15, -0.1) is 0 Å². The molecule has 4 saturated carbocycles. The maximum atomic E-state index is 9.08. The highest BCUT2D eigenvalue weighted by Gasteiger charge is 2.49. The van der Waals surface area contributed by atoms with Crippen molar-refractivity contribution < 1.29 is 4.52 Å². The Kier molecular flexibility index (Phi) is 1.91. The van der Waals surface area contributed by atoms with E-state index in [4.69, 9.17) is 9.78 Å². The van der Waals surface area contributed by atoms with Crippen LogP contribution in [0.5, 0.6) is 0 Å². The van der Waals surface area contributed by atoms with E-state index in [2.05, 4.69) is 11.2 Å². The van der Waals surface area contributed by atoms with E-state index in [0.29, 0.717) is 11.7 Å². The summed E-state index contributed by atoms with van der Waals surface area (Å²) in [6.45, 7) is 0. The fourth-order valence-electron chi connectivity index (χ4n) is 5.00. The van der Waals surface area contributed by atoms with Crippen molar-refractivity contribution in [3.05, 3.63) is 17.5 Å². The van der Waals surface area contributed by atoms with E-state index in [1.807, 2.05) is 0 Å². The van der Waals surface area contributed by atoms with Gasteiger partial charge in [-0.2, -0.15) is 5.26 Å². The summed E-state index contributed by atoms with van der Waals surface area (Å²) in [5.74, 6) is 4.54. The van der Waals surface area contributed by atoms with Crippen molar-refractivity contribution in [3.8, 4) is 6.07 Å². The van der Waals surface area contributed by atoms with Gasteiger partial charge in [-0.1, -0.05) is 5.16 Å². The Morgan fingerprint density at radius 3 is 2.35 bits per heavy atom. The van der Waals surface area contributed by atoms with Crippen molar-refractivity contribution in [2.45, 2.75) is 38.0 Å². The number of nitriles is 1. The Balaban J connectivity index is 1.73. The lowest BCUT2D eigenvalue weighted by molar-refractivity contribution is -0.00306. The quantitative estimate of drug-likeness (QED) is 0.742. The summed E-state index contributed by atoms with van der Waals surface area (Å²) in [7, 11) is 0. The van der Waals surface area contributed by atoms with Crippen molar-refractivity contribution in [2.24, 2.45) is 23.7 Å². The van der Waals surface area contributed by atoms with Gasteiger partial charge in [0.05, 0.1) is 6.20 Å². The van der Waals surface area contributed by atoms with Crippen LogP contribution in [-0.2, 0) is 0 Å². The molecule has 4 aliphatic carbocycles. The van der Waals surface area contributed by atoms with Gasteiger partial charge in [0.25, 0.3) is 0 Å². The first-order chi connectivity index (χ1) is 8.35. The zero-order chi connectivity index (χ0) is 11.4. The standard InChI is InChI=1S/C14H16N2O/c15-6-13-12(7-16-17-13)14-10-2-8-1-9(4-10)5-11(14)3-8/h7-11,14H,1-5H2. The number of nitrogens with zero attached hydrogens (tertiary/aromatic N) is 2. The first kappa shape index (κ1) is 9.70. The Labute approximate surface area is 101 Å². The second-order valence-corrected chi connectivity index (χ2v) is 6.18. The zero-order valence-corrected chi connectivity index (χ0v) is 9.80. The Morgan fingerprint density at radius 1 is 1.12 bits per heavy atom. The molecule has 17 heavy (non-hydrogen) atoms. The highest BCUT2D eigenvalue weighted by atomic mass is 16.5. The van der Waals surface area contributed by atoms with Crippen LogP contribution in [0, 0.1) is 35.0 Å². The molecule has 0 aromatic carbocycles. The molecular weight excluding hydrogens is 212 g/mol. The third-order valence-corrected chi connectivity index (χ3v) is 5.29. The fraction of sp³-hybridized carbons (Fsp3) is 0.714. The summed E-state index contributed by atoms with van der Waals surface area (Å²) in [4.78, 5) is 0. The van der Waals surface area contributed by atoms with Crippen molar-refractivity contribution in [1.29, 1.82) is 5.26 Å². The number of rotatable bonds is 1. The summed E-state index contributed by atoms with van der Waals surface area (Å²) < 4.78 is 5.06. The molecule has 0 atom stereocenters. The lowest BCUT2D eigenvalue weighted by Gasteiger charge is -2.54. The summed E-state index contributed by atoms with van der Waals surface area (Å²) in [5, 5.41) is 12.9. The van der Waals surface area contributed by atoms with Gasteiger partial charge in [-0.25, -0.2) is 0 Å². The van der Waals surface area contributed by atoms with Gasteiger partial charge in [-0.05, 0) is 61.7 Å². The maximum absolute atomic E-state index is 9.08. The smallest absolute Gasteiger partial charge is 0.239 e. The molecule has 0 amide bonds. The molecule has 4 bridgehead atoms. The van der Waals surface area contributed by atoms with Crippen LogP contribution >= 0.6 is 0 Å². The Bertz CT molecular complexity index is 457. The number of hydrogen-bond donors (Lipinski definition) is 0. The van der Waals surface area contributed by atoms with Gasteiger partial charge < -0.3 is 4.52 Å². The third-order valence-electron chi connectivity index (χ3n) is 5.29. The van der Waals surface area contributed by atoms with Crippen LogP contribution in [0.4, 0.5) is 0 Å². The molecule has 0 saturated heterocycles. The van der Waals surface area contributed by atoms with Crippen LogP contribution < -0.4 is 0 Å². The maximum Gasteiger partial charge on any atom is 0.239 e. The largest absolute Gasteiger partial charge is 0.345 e. The van der Waals surface area contributed by atoms with Gasteiger partial charge in [0, 0.05) is 5.56 Å². The summed E-state index contributed by atoms with van der Waals surface area (Å²) in [6, 6.07) is 2.16. The molecule has 0 spiro atoms. The first-order valence-electron chi connectivity index (χ1n) is 6.70. The zero-order valence-electron chi connectivity index (χ0n) is 9.80.